The number of nitrogens with one attached hydrogen (secondary N) is 1. The Morgan fingerprint density at radius 3 is 2.33 bits per heavy atom. The molecular formula is C17H23F2N3OS. The normalized spacial score (nSPS) is 11.7. The molecule has 0 aliphatic rings. The minimum Gasteiger partial charge on any atom is -0.341 e. The summed E-state index contributed by atoms with van der Waals surface area (Å²) in [5.74, 6) is -0.769. The quantitative estimate of drug-likeness (QED) is 0.762. The Bertz CT molecular complexity index is 666. The minimum absolute atomic E-state index is 0.0419. The number of hydrogen-bond donors (Lipinski definition) is 1. The number of H-pyrrole nitrogens is 1. The molecule has 1 aromatic carbocycles. The fourth-order valence-corrected chi connectivity index (χ4v) is 3.22. The molecular weight excluding hydrogens is 332 g/mol. The number of nitrogens with zero attached hydrogens (tertiary/aromatic N) is 2. The second-order valence-electron chi connectivity index (χ2n) is 6.70. The molecule has 0 unspecified atom stereocenters. The molecule has 7 heteroatoms. The van der Waals surface area contributed by atoms with Crippen molar-refractivity contribution >= 4 is 28.7 Å². The van der Waals surface area contributed by atoms with Crippen LogP contribution in [-0.4, -0.2) is 39.6 Å². The van der Waals surface area contributed by atoms with E-state index in [9.17, 15) is 13.6 Å². The SMILES string of the molecule is CC(C)CN(CC(C)C)C(=O)CSc1nc2cc(F)c(F)cc2[nH]1. The van der Waals surface area contributed by atoms with Crippen LogP contribution in [0, 0.1) is 23.5 Å². The highest BCUT2D eigenvalue weighted by atomic mass is 32.2. The number of carbonyl (C=O) groups excluding carboxylic acids is 1. The van der Waals surface area contributed by atoms with Crippen molar-refractivity contribution in [1.82, 2.24) is 14.9 Å². The lowest BCUT2D eigenvalue weighted by molar-refractivity contribution is -0.129. The predicted octanol–water partition coefficient (Wildman–Crippen LogP) is 4.07. The maximum Gasteiger partial charge on any atom is 0.233 e. The van der Waals surface area contributed by atoms with Crippen LogP contribution in [0.25, 0.3) is 11.0 Å². The van der Waals surface area contributed by atoms with E-state index in [1.165, 1.54) is 11.8 Å². The van der Waals surface area contributed by atoms with E-state index in [0.717, 1.165) is 12.1 Å². The van der Waals surface area contributed by atoms with Gasteiger partial charge < -0.3 is 9.88 Å². The maximum atomic E-state index is 13.2. The van der Waals surface area contributed by atoms with Gasteiger partial charge in [-0.25, -0.2) is 13.8 Å². The number of aromatic nitrogens is 2. The van der Waals surface area contributed by atoms with E-state index in [1.54, 1.807) is 0 Å². The Labute approximate surface area is 145 Å². The van der Waals surface area contributed by atoms with Gasteiger partial charge in [0.2, 0.25) is 5.91 Å². The number of carbonyl (C=O) groups is 1. The molecule has 0 bridgehead atoms. The molecule has 0 saturated heterocycles. The molecule has 0 atom stereocenters. The smallest absolute Gasteiger partial charge is 0.233 e. The molecule has 0 aliphatic heterocycles. The van der Waals surface area contributed by atoms with Crippen LogP contribution >= 0.6 is 11.8 Å². The Hall–Kier alpha value is -1.63. The number of thioether (sulfide) groups is 1. The lowest BCUT2D eigenvalue weighted by atomic mass is 10.1. The van der Waals surface area contributed by atoms with Gasteiger partial charge in [-0.2, -0.15) is 0 Å². The topological polar surface area (TPSA) is 49.0 Å². The van der Waals surface area contributed by atoms with Gasteiger partial charge in [0.1, 0.15) is 0 Å². The Balaban J connectivity index is 2.04. The Morgan fingerprint density at radius 1 is 1.17 bits per heavy atom. The number of imidazole rings is 1. The highest BCUT2D eigenvalue weighted by Gasteiger charge is 2.17. The van der Waals surface area contributed by atoms with E-state index in [4.69, 9.17) is 0 Å². The van der Waals surface area contributed by atoms with Crippen molar-refractivity contribution in [1.29, 1.82) is 0 Å². The second-order valence-corrected chi connectivity index (χ2v) is 7.66. The third-order valence-corrected chi connectivity index (χ3v) is 4.22. The number of halogens is 2. The van der Waals surface area contributed by atoms with Gasteiger partial charge in [-0.15, -0.1) is 0 Å². The fraction of sp³-hybridized carbons (Fsp3) is 0.529. The van der Waals surface area contributed by atoms with E-state index in [-0.39, 0.29) is 11.7 Å². The molecule has 0 spiro atoms. The van der Waals surface area contributed by atoms with E-state index >= 15 is 0 Å². The Kier molecular flexibility index (Phi) is 6.21. The third-order valence-electron chi connectivity index (χ3n) is 3.36. The van der Waals surface area contributed by atoms with Crippen LogP contribution in [0.2, 0.25) is 0 Å². The van der Waals surface area contributed by atoms with Crippen LogP contribution in [0.3, 0.4) is 0 Å². The monoisotopic (exact) mass is 355 g/mol. The summed E-state index contributed by atoms with van der Waals surface area (Å²) >= 11 is 1.25. The lowest BCUT2D eigenvalue weighted by Crippen LogP contribution is -2.38. The number of benzene rings is 1. The minimum atomic E-state index is -0.929. The van der Waals surface area contributed by atoms with Crippen molar-refractivity contribution < 1.29 is 13.6 Å². The van der Waals surface area contributed by atoms with Gasteiger partial charge in [0.15, 0.2) is 16.8 Å². The molecule has 0 radical (unpaired) electrons. The van der Waals surface area contributed by atoms with E-state index in [2.05, 4.69) is 37.7 Å². The summed E-state index contributed by atoms with van der Waals surface area (Å²) in [5, 5.41) is 0.484. The summed E-state index contributed by atoms with van der Waals surface area (Å²) in [4.78, 5) is 21.4. The van der Waals surface area contributed by atoms with Crippen molar-refractivity contribution in [3.05, 3.63) is 23.8 Å². The highest BCUT2D eigenvalue weighted by molar-refractivity contribution is 7.99. The van der Waals surface area contributed by atoms with Gasteiger partial charge in [-0.1, -0.05) is 39.5 Å². The Morgan fingerprint density at radius 2 is 1.75 bits per heavy atom. The van der Waals surface area contributed by atoms with Crippen molar-refractivity contribution in [2.24, 2.45) is 11.8 Å². The van der Waals surface area contributed by atoms with Crippen LogP contribution in [0.4, 0.5) is 8.78 Å². The zero-order valence-corrected chi connectivity index (χ0v) is 15.2. The molecule has 132 valence electrons. The zero-order valence-electron chi connectivity index (χ0n) is 14.4. The van der Waals surface area contributed by atoms with Crippen LogP contribution in [0.15, 0.2) is 17.3 Å². The van der Waals surface area contributed by atoms with Gasteiger partial charge in [0.25, 0.3) is 0 Å². The summed E-state index contributed by atoms with van der Waals surface area (Å²) < 4.78 is 26.5. The van der Waals surface area contributed by atoms with Gasteiger partial charge >= 0.3 is 0 Å². The number of rotatable bonds is 7. The molecule has 2 aromatic rings. The van der Waals surface area contributed by atoms with Gasteiger partial charge in [0.05, 0.1) is 16.8 Å². The first-order chi connectivity index (χ1) is 11.3. The average Bonchev–Trinajstić information content (AvgIpc) is 2.85. The number of aromatic amines is 1. The van der Waals surface area contributed by atoms with Crippen molar-refractivity contribution in [3.63, 3.8) is 0 Å². The van der Waals surface area contributed by atoms with Gasteiger partial charge in [0, 0.05) is 25.2 Å². The fourth-order valence-electron chi connectivity index (χ4n) is 2.43. The third kappa shape index (κ3) is 4.93. The number of amides is 1. The number of fused-ring (bicyclic) bond motifs is 1. The van der Waals surface area contributed by atoms with E-state index in [0.29, 0.717) is 41.1 Å². The zero-order chi connectivity index (χ0) is 17.9. The lowest BCUT2D eigenvalue weighted by Gasteiger charge is -2.26. The second kappa shape index (κ2) is 7.96. The van der Waals surface area contributed by atoms with Crippen LogP contribution < -0.4 is 0 Å². The van der Waals surface area contributed by atoms with Crippen molar-refractivity contribution in [2.75, 3.05) is 18.8 Å². The predicted molar refractivity (Wildman–Crippen MR) is 93.0 cm³/mol. The molecule has 0 saturated carbocycles. The largest absolute Gasteiger partial charge is 0.341 e. The summed E-state index contributed by atoms with van der Waals surface area (Å²) in [7, 11) is 0. The molecule has 24 heavy (non-hydrogen) atoms. The van der Waals surface area contributed by atoms with Crippen LogP contribution in [0.1, 0.15) is 27.7 Å². The summed E-state index contributed by atoms with van der Waals surface area (Å²) in [6.07, 6.45) is 0. The van der Waals surface area contributed by atoms with Crippen LogP contribution in [0.5, 0.6) is 0 Å². The first-order valence-electron chi connectivity index (χ1n) is 8.01. The summed E-state index contributed by atoms with van der Waals surface area (Å²) in [5.41, 5.74) is 0.773. The molecule has 0 aliphatic carbocycles. The highest BCUT2D eigenvalue weighted by Crippen LogP contribution is 2.22. The van der Waals surface area contributed by atoms with E-state index < -0.39 is 11.6 Å². The standard InChI is InChI=1S/C17H23F2N3OS/c1-10(2)7-22(8-11(3)4)16(23)9-24-17-20-14-5-12(18)13(19)6-15(14)21-17/h5-6,10-11H,7-9H2,1-4H3,(H,20,21). The molecule has 0 fully saturated rings. The maximum absolute atomic E-state index is 13.2. The molecule has 1 amide bonds. The molecule has 1 N–H and O–H groups in total. The molecule has 2 rings (SSSR count). The first kappa shape index (κ1) is 18.7. The van der Waals surface area contributed by atoms with Gasteiger partial charge in [-0.3, -0.25) is 4.79 Å². The number of hydrogen-bond acceptors (Lipinski definition) is 3. The molecule has 1 heterocycles. The van der Waals surface area contributed by atoms with Crippen LogP contribution in [-0.2, 0) is 4.79 Å². The molecule has 1 aromatic heterocycles. The van der Waals surface area contributed by atoms with E-state index in [1.807, 2.05) is 4.90 Å². The first-order valence-corrected chi connectivity index (χ1v) is 9.00. The average molecular weight is 355 g/mol. The molecule has 4 nitrogen and oxygen atoms in total. The van der Waals surface area contributed by atoms with Gasteiger partial charge in [-0.05, 0) is 11.8 Å². The van der Waals surface area contributed by atoms with Crippen molar-refractivity contribution in [3.8, 4) is 0 Å². The summed E-state index contributed by atoms with van der Waals surface area (Å²) in [6, 6.07) is 2.13. The summed E-state index contributed by atoms with van der Waals surface area (Å²) in [6.45, 7) is 9.75. The van der Waals surface area contributed by atoms with Crippen molar-refractivity contribution in [2.45, 2.75) is 32.9 Å².